The molecule has 0 radical (unpaired) electrons. The fourth-order valence-electron chi connectivity index (χ4n) is 2.83. The maximum atomic E-state index is 12.8. The molecule has 3 rings (SSSR count). The molecule has 0 bridgehead atoms. The third-order valence-electron chi connectivity index (χ3n) is 4.51. The Morgan fingerprint density at radius 3 is 2.25 bits per heavy atom. The Kier molecular flexibility index (Phi) is 8.00. The second-order valence-corrected chi connectivity index (χ2v) is 8.45. The predicted octanol–water partition coefficient (Wildman–Crippen LogP) is 2.19. The van der Waals surface area contributed by atoms with Gasteiger partial charge in [-0.2, -0.15) is 0 Å². The smallest absolute Gasteiger partial charge is 0.253 e. The first-order valence-electron chi connectivity index (χ1n) is 9.15. The molecule has 0 heterocycles. The van der Waals surface area contributed by atoms with Crippen molar-refractivity contribution in [1.82, 2.24) is 9.62 Å². The van der Waals surface area contributed by atoms with Crippen LogP contribution in [0.4, 0.5) is 0 Å². The Balaban J connectivity index is 0.00000280. The van der Waals surface area contributed by atoms with E-state index in [9.17, 15) is 13.2 Å². The van der Waals surface area contributed by atoms with Crippen LogP contribution in [0.15, 0.2) is 59.5 Å². The number of rotatable bonds is 9. The zero-order valence-electron chi connectivity index (χ0n) is 15.6. The summed E-state index contributed by atoms with van der Waals surface area (Å²) in [6.45, 7) is 1.39. The standard InChI is InChI=1S/C20H25N3O3S.ClH/c21-13-15-23(14-12-16-4-2-1-3-5-16)20(24)17-6-10-19(11-7-17)27(25,26)22-18-8-9-18;/h1-7,10-11,18,22H,8-9,12-15,21H2;1H. The summed E-state index contributed by atoms with van der Waals surface area (Å²) >= 11 is 0. The molecule has 2 aromatic rings. The van der Waals surface area contributed by atoms with E-state index in [-0.39, 0.29) is 29.3 Å². The number of halogens is 1. The number of carbonyl (C=O) groups excluding carboxylic acids is 1. The minimum atomic E-state index is -3.51. The van der Waals surface area contributed by atoms with Crippen LogP contribution >= 0.6 is 12.4 Å². The van der Waals surface area contributed by atoms with Crippen molar-refractivity contribution in [2.75, 3.05) is 19.6 Å². The number of hydrogen-bond donors (Lipinski definition) is 2. The van der Waals surface area contributed by atoms with Crippen LogP contribution in [0.25, 0.3) is 0 Å². The van der Waals surface area contributed by atoms with Crippen LogP contribution in [0.1, 0.15) is 28.8 Å². The van der Waals surface area contributed by atoms with Crippen molar-refractivity contribution in [3.05, 3.63) is 65.7 Å². The van der Waals surface area contributed by atoms with Gasteiger partial charge in [-0.15, -0.1) is 12.4 Å². The molecule has 0 unspecified atom stereocenters. The number of carbonyl (C=O) groups is 1. The highest BCUT2D eigenvalue weighted by Crippen LogP contribution is 2.22. The maximum Gasteiger partial charge on any atom is 0.253 e. The average Bonchev–Trinajstić information content (AvgIpc) is 3.49. The normalized spacial score (nSPS) is 13.6. The minimum absolute atomic E-state index is 0. The van der Waals surface area contributed by atoms with Gasteiger partial charge in [0.25, 0.3) is 5.91 Å². The minimum Gasteiger partial charge on any atom is -0.337 e. The van der Waals surface area contributed by atoms with E-state index in [1.54, 1.807) is 17.0 Å². The van der Waals surface area contributed by atoms with Gasteiger partial charge in [0.1, 0.15) is 0 Å². The molecular formula is C20H26ClN3O3S. The summed E-state index contributed by atoms with van der Waals surface area (Å²) in [5, 5.41) is 0. The topological polar surface area (TPSA) is 92.5 Å². The van der Waals surface area contributed by atoms with Gasteiger partial charge >= 0.3 is 0 Å². The van der Waals surface area contributed by atoms with Crippen LogP contribution in [0.3, 0.4) is 0 Å². The summed E-state index contributed by atoms with van der Waals surface area (Å²) in [7, 11) is -3.51. The molecule has 2 aromatic carbocycles. The van der Waals surface area contributed by atoms with Gasteiger partial charge in [0.15, 0.2) is 0 Å². The predicted molar refractivity (Wildman–Crippen MR) is 112 cm³/mol. The highest BCUT2D eigenvalue weighted by Gasteiger charge is 2.28. The maximum absolute atomic E-state index is 12.8. The van der Waals surface area contributed by atoms with Crippen LogP contribution in [0.2, 0.25) is 0 Å². The van der Waals surface area contributed by atoms with Gasteiger partial charge in [0, 0.05) is 31.2 Å². The fourth-order valence-corrected chi connectivity index (χ4v) is 4.13. The average molecular weight is 424 g/mol. The van der Waals surface area contributed by atoms with E-state index >= 15 is 0 Å². The highest BCUT2D eigenvalue weighted by atomic mass is 35.5. The van der Waals surface area contributed by atoms with Gasteiger partial charge in [-0.1, -0.05) is 30.3 Å². The summed E-state index contributed by atoms with van der Waals surface area (Å²) in [6, 6.07) is 16.1. The molecule has 1 amide bonds. The quantitative estimate of drug-likeness (QED) is 0.646. The number of nitrogens with two attached hydrogens (primary N) is 1. The SMILES string of the molecule is Cl.NCCN(CCc1ccccc1)C(=O)c1ccc(S(=O)(=O)NC2CC2)cc1. The van der Waals surface area contributed by atoms with Crippen molar-refractivity contribution >= 4 is 28.3 Å². The van der Waals surface area contributed by atoms with Gasteiger partial charge in [-0.3, -0.25) is 4.79 Å². The second-order valence-electron chi connectivity index (χ2n) is 6.74. The van der Waals surface area contributed by atoms with Gasteiger partial charge in [-0.05, 0) is 49.1 Å². The van der Waals surface area contributed by atoms with Crippen LogP contribution in [0.5, 0.6) is 0 Å². The van der Waals surface area contributed by atoms with Crippen molar-refractivity contribution < 1.29 is 13.2 Å². The molecule has 8 heteroatoms. The number of nitrogens with one attached hydrogen (secondary N) is 1. The third-order valence-corrected chi connectivity index (χ3v) is 6.05. The van der Waals surface area contributed by atoms with E-state index in [4.69, 9.17) is 5.73 Å². The lowest BCUT2D eigenvalue weighted by molar-refractivity contribution is 0.0762. The largest absolute Gasteiger partial charge is 0.337 e. The first kappa shape index (κ1) is 22.4. The van der Waals surface area contributed by atoms with E-state index in [1.165, 1.54) is 12.1 Å². The molecule has 152 valence electrons. The molecule has 0 aromatic heterocycles. The second kappa shape index (κ2) is 10.0. The van der Waals surface area contributed by atoms with Gasteiger partial charge in [-0.25, -0.2) is 13.1 Å². The zero-order chi connectivity index (χ0) is 19.3. The number of amides is 1. The monoisotopic (exact) mass is 423 g/mol. The van der Waals surface area contributed by atoms with E-state index in [1.807, 2.05) is 30.3 Å². The Morgan fingerprint density at radius 2 is 1.68 bits per heavy atom. The lowest BCUT2D eigenvalue weighted by Gasteiger charge is -2.22. The van der Waals surface area contributed by atoms with E-state index in [0.717, 1.165) is 24.8 Å². The molecule has 3 N–H and O–H groups in total. The Morgan fingerprint density at radius 1 is 1.04 bits per heavy atom. The molecule has 1 saturated carbocycles. The van der Waals surface area contributed by atoms with Crippen LogP contribution in [0, 0.1) is 0 Å². The molecule has 28 heavy (non-hydrogen) atoms. The number of hydrogen-bond acceptors (Lipinski definition) is 4. The summed E-state index contributed by atoms with van der Waals surface area (Å²) in [4.78, 5) is 14.7. The first-order chi connectivity index (χ1) is 13.0. The number of sulfonamides is 1. The molecular weight excluding hydrogens is 398 g/mol. The molecule has 1 aliphatic rings. The molecule has 0 spiro atoms. The summed E-state index contributed by atoms with van der Waals surface area (Å²) in [5.41, 5.74) is 7.28. The number of benzene rings is 2. The summed E-state index contributed by atoms with van der Waals surface area (Å²) in [5.74, 6) is -0.143. The molecule has 6 nitrogen and oxygen atoms in total. The Bertz CT molecular complexity index is 869. The Labute approximate surface area is 172 Å². The van der Waals surface area contributed by atoms with Crippen molar-refractivity contribution in [2.45, 2.75) is 30.2 Å². The van der Waals surface area contributed by atoms with E-state index in [0.29, 0.717) is 25.2 Å². The summed E-state index contributed by atoms with van der Waals surface area (Å²) in [6.07, 6.45) is 2.50. The van der Waals surface area contributed by atoms with Crippen LogP contribution in [-0.2, 0) is 16.4 Å². The van der Waals surface area contributed by atoms with Gasteiger partial charge < -0.3 is 10.6 Å². The van der Waals surface area contributed by atoms with Crippen LogP contribution in [-0.4, -0.2) is 44.9 Å². The van der Waals surface area contributed by atoms with Gasteiger partial charge in [0.2, 0.25) is 10.0 Å². The third kappa shape index (κ3) is 6.04. The van der Waals surface area contributed by atoms with Crippen LogP contribution < -0.4 is 10.5 Å². The van der Waals surface area contributed by atoms with Crippen molar-refractivity contribution in [1.29, 1.82) is 0 Å². The molecule has 0 atom stereocenters. The fraction of sp³-hybridized carbons (Fsp3) is 0.350. The van der Waals surface area contributed by atoms with E-state index in [2.05, 4.69) is 4.72 Å². The van der Waals surface area contributed by atoms with Crippen molar-refractivity contribution in [3.8, 4) is 0 Å². The Hall–Kier alpha value is -1.93. The molecule has 0 aliphatic heterocycles. The van der Waals surface area contributed by atoms with Crippen molar-refractivity contribution in [3.63, 3.8) is 0 Å². The van der Waals surface area contributed by atoms with Gasteiger partial charge in [0.05, 0.1) is 4.90 Å². The first-order valence-corrected chi connectivity index (χ1v) is 10.6. The zero-order valence-corrected chi connectivity index (χ0v) is 17.2. The lowest BCUT2D eigenvalue weighted by atomic mass is 10.1. The molecule has 0 saturated heterocycles. The molecule has 1 aliphatic carbocycles. The lowest BCUT2D eigenvalue weighted by Crippen LogP contribution is -2.37. The van der Waals surface area contributed by atoms with E-state index < -0.39 is 10.0 Å². The highest BCUT2D eigenvalue weighted by molar-refractivity contribution is 7.89. The molecule has 1 fully saturated rings. The summed E-state index contributed by atoms with van der Waals surface area (Å²) < 4.78 is 27.1. The van der Waals surface area contributed by atoms with Crippen molar-refractivity contribution in [2.24, 2.45) is 5.73 Å². The number of nitrogens with zero attached hydrogens (tertiary/aromatic N) is 1.